The van der Waals surface area contributed by atoms with Crippen molar-refractivity contribution in [2.24, 2.45) is 17.8 Å². The molecule has 124 valence electrons. The number of nitrogens with zero attached hydrogens (tertiary/aromatic N) is 1. The van der Waals surface area contributed by atoms with Gasteiger partial charge in [-0.1, -0.05) is 19.1 Å². The molecule has 1 saturated carbocycles. The van der Waals surface area contributed by atoms with Gasteiger partial charge in [0.05, 0.1) is 27.2 Å². The van der Waals surface area contributed by atoms with Crippen LogP contribution in [0.1, 0.15) is 30.1 Å². The summed E-state index contributed by atoms with van der Waals surface area (Å²) in [5.74, 6) is -0.545. The van der Waals surface area contributed by atoms with Gasteiger partial charge in [-0.05, 0) is 36.8 Å². The van der Waals surface area contributed by atoms with E-state index in [0.717, 1.165) is 12.8 Å². The van der Waals surface area contributed by atoms with Crippen molar-refractivity contribution in [3.8, 4) is 0 Å². The number of hydrogen-bond acceptors (Lipinski definition) is 3. The molecule has 0 radical (unpaired) electrons. The number of likely N-dealkylation sites (tertiary alicyclic amines) is 1. The van der Waals surface area contributed by atoms with Gasteiger partial charge < -0.3 is 10.0 Å². The minimum atomic E-state index is -1.21. The first-order valence-corrected chi connectivity index (χ1v) is 9.34. The van der Waals surface area contributed by atoms with Crippen LogP contribution in [0.5, 0.6) is 0 Å². The van der Waals surface area contributed by atoms with Gasteiger partial charge >= 0.3 is 5.97 Å². The van der Waals surface area contributed by atoms with Crippen LogP contribution >= 0.6 is 0 Å². The molecule has 1 saturated heterocycles. The fourth-order valence-electron chi connectivity index (χ4n) is 3.43. The third-order valence-electron chi connectivity index (χ3n) is 4.82. The molecule has 1 aromatic carbocycles. The number of aliphatic carboxylic acids is 1. The number of benzene rings is 1. The quantitative estimate of drug-likeness (QED) is 0.893. The van der Waals surface area contributed by atoms with Crippen molar-refractivity contribution >= 4 is 22.7 Å². The summed E-state index contributed by atoms with van der Waals surface area (Å²) in [6, 6.07) is 6.94. The van der Waals surface area contributed by atoms with Gasteiger partial charge in [-0.25, -0.2) is 0 Å². The highest BCUT2D eigenvalue weighted by atomic mass is 32.2. The first-order valence-electron chi connectivity index (χ1n) is 8.02. The predicted molar refractivity (Wildman–Crippen MR) is 86.6 cm³/mol. The fraction of sp³-hybridized carbons (Fsp3) is 0.529. The van der Waals surface area contributed by atoms with E-state index in [-0.39, 0.29) is 18.4 Å². The average molecular weight is 335 g/mol. The van der Waals surface area contributed by atoms with E-state index in [1.54, 1.807) is 29.2 Å². The van der Waals surface area contributed by atoms with Crippen molar-refractivity contribution < 1.29 is 18.9 Å². The van der Waals surface area contributed by atoms with Crippen LogP contribution in [0.15, 0.2) is 29.2 Å². The van der Waals surface area contributed by atoms with Crippen molar-refractivity contribution in [1.82, 2.24) is 4.90 Å². The Morgan fingerprint density at radius 2 is 1.96 bits per heavy atom. The minimum absolute atomic E-state index is 0.0558. The van der Waals surface area contributed by atoms with Crippen LogP contribution in [0, 0.1) is 17.8 Å². The molecule has 3 atom stereocenters. The zero-order valence-electron chi connectivity index (χ0n) is 13.1. The molecule has 1 heterocycles. The highest BCUT2D eigenvalue weighted by Crippen LogP contribution is 2.44. The lowest BCUT2D eigenvalue weighted by atomic mass is 9.92. The maximum atomic E-state index is 12.8. The van der Waals surface area contributed by atoms with Crippen molar-refractivity contribution in [3.63, 3.8) is 0 Å². The molecule has 6 heteroatoms. The van der Waals surface area contributed by atoms with Gasteiger partial charge in [-0.2, -0.15) is 0 Å². The molecule has 1 N–H and O–H groups in total. The van der Waals surface area contributed by atoms with Crippen LogP contribution in [0.4, 0.5) is 0 Å². The number of rotatable bonds is 5. The molecule has 1 unspecified atom stereocenters. The highest BCUT2D eigenvalue weighted by molar-refractivity contribution is 7.85. The van der Waals surface area contributed by atoms with Crippen LogP contribution in [-0.4, -0.2) is 44.9 Å². The standard InChI is InChI=1S/C17H21NO4S/c1-2-23(22)15-6-4-3-5-12(15)16(19)18-9-13(11-7-8-11)14(10-18)17(20)21/h3-6,11,13-14H,2,7-10H2,1H3,(H,20,21)/t13-,14+,23?/m1/s1. The number of carbonyl (C=O) groups is 2. The van der Waals surface area contributed by atoms with Gasteiger partial charge in [-0.15, -0.1) is 0 Å². The summed E-state index contributed by atoms with van der Waals surface area (Å²) < 4.78 is 12.2. The molecule has 3 rings (SSSR count). The predicted octanol–water partition coefficient (Wildman–Crippen LogP) is 2.00. The SMILES string of the molecule is CCS(=O)c1ccccc1C(=O)N1C[C@H](C(=O)O)[C@@H](C2CC2)C1. The van der Waals surface area contributed by atoms with Crippen molar-refractivity contribution in [3.05, 3.63) is 29.8 Å². The third-order valence-corrected chi connectivity index (χ3v) is 6.19. The Balaban J connectivity index is 1.84. The summed E-state index contributed by atoms with van der Waals surface area (Å²) in [4.78, 5) is 26.5. The molecule has 0 spiro atoms. The molecule has 1 aromatic rings. The van der Waals surface area contributed by atoms with Gasteiger partial charge in [0.2, 0.25) is 0 Å². The van der Waals surface area contributed by atoms with Gasteiger partial charge in [0.1, 0.15) is 0 Å². The third kappa shape index (κ3) is 3.17. The number of amides is 1. The largest absolute Gasteiger partial charge is 0.481 e. The van der Waals surface area contributed by atoms with E-state index < -0.39 is 22.7 Å². The molecule has 1 aliphatic heterocycles. The van der Waals surface area contributed by atoms with Crippen LogP contribution in [0.2, 0.25) is 0 Å². The summed E-state index contributed by atoms with van der Waals surface area (Å²) in [5, 5.41) is 9.42. The fourth-order valence-corrected chi connectivity index (χ4v) is 4.37. The summed E-state index contributed by atoms with van der Waals surface area (Å²) >= 11 is 0. The van der Waals surface area contributed by atoms with E-state index in [0.29, 0.717) is 28.7 Å². The molecule has 0 aromatic heterocycles. The molecule has 1 amide bonds. The number of hydrogen-bond donors (Lipinski definition) is 1. The summed E-state index contributed by atoms with van der Waals surface area (Å²) in [6.07, 6.45) is 2.12. The molecular formula is C17H21NO4S. The summed E-state index contributed by atoms with van der Waals surface area (Å²) in [7, 11) is -1.21. The number of carbonyl (C=O) groups excluding carboxylic acids is 1. The van der Waals surface area contributed by atoms with E-state index in [4.69, 9.17) is 0 Å². The molecule has 2 aliphatic rings. The lowest BCUT2D eigenvalue weighted by molar-refractivity contribution is -0.142. The molecule has 5 nitrogen and oxygen atoms in total. The minimum Gasteiger partial charge on any atom is -0.481 e. The smallest absolute Gasteiger partial charge is 0.308 e. The number of carboxylic acid groups (broad SMARTS) is 1. The Bertz CT molecular complexity index is 656. The summed E-state index contributed by atoms with van der Waals surface area (Å²) in [6.45, 7) is 2.56. The van der Waals surface area contributed by atoms with E-state index in [9.17, 15) is 18.9 Å². The van der Waals surface area contributed by atoms with E-state index in [1.807, 2.05) is 6.92 Å². The lowest BCUT2D eigenvalue weighted by Gasteiger charge is -2.18. The van der Waals surface area contributed by atoms with Crippen molar-refractivity contribution in [2.75, 3.05) is 18.8 Å². The Labute approximate surface area is 138 Å². The Morgan fingerprint density at radius 3 is 2.57 bits per heavy atom. The monoisotopic (exact) mass is 335 g/mol. The first kappa shape index (κ1) is 16.2. The van der Waals surface area contributed by atoms with E-state index >= 15 is 0 Å². The number of carboxylic acids is 1. The van der Waals surface area contributed by atoms with E-state index in [1.165, 1.54) is 0 Å². The lowest BCUT2D eigenvalue weighted by Crippen LogP contribution is -2.30. The van der Waals surface area contributed by atoms with E-state index in [2.05, 4.69) is 0 Å². The maximum absolute atomic E-state index is 12.8. The van der Waals surface area contributed by atoms with Gasteiger partial charge in [0.15, 0.2) is 0 Å². The molecular weight excluding hydrogens is 314 g/mol. The van der Waals surface area contributed by atoms with Gasteiger partial charge in [-0.3, -0.25) is 13.8 Å². The molecule has 2 fully saturated rings. The van der Waals surface area contributed by atoms with Crippen LogP contribution in [-0.2, 0) is 15.6 Å². The molecule has 0 bridgehead atoms. The Kier molecular flexibility index (Phi) is 4.53. The Hall–Kier alpha value is -1.69. The maximum Gasteiger partial charge on any atom is 0.308 e. The average Bonchev–Trinajstić information content (AvgIpc) is 3.31. The summed E-state index contributed by atoms with van der Waals surface area (Å²) in [5.41, 5.74) is 0.438. The van der Waals surface area contributed by atoms with Crippen LogP contribution in [0.25, 0.3) is 0 Å². The van der Waals surface area contributed by atoms with Crippen LogP contribution < -0.4 is 0 Å². The second kappa shape index (κ2) is 6.43. The normalized spacial score (nSPS) is 25.3. The zero-order chi connectivity index (χ0) is 16.6. The second-order valence-corrected chi connectivity index (χ2v) is 7.99. The second-order valence-electron chi connectivity index (χ2n) is 6.29. The zero-order valence-corrected chi connectivity index (χ0v) is 13.9. The topological polar surface area (TPSA) is 74.7 Å². The Morgan fingerprint density at radius 1 is 1.26 bits per heavy atom. The van der Waals surface area contributed by atoms with Gasteiger partial charge in [0, 0.05) is 18.8 Å². The first-order chi connectivity index (χ1) is 11.0. The molecule has 1 aliphatic carbocycles. The van der Waals surface area contributed by atoms with Crippen molar-refractivity contribution in [2.45, 2.75) is 24.7 Å². The van der Waals surface area contributed by atoms with Crippen molar-refractivity contribution in [1.29, 1.82) is 0 Å². The molecule has 23 heavy (non-hydrogen) atoms. The van der Waals surface area contributed by atoms with Gasteiger partial charge in [0.25, 0.3) is 5.91 Å². The highest BCUT2D eigenvalue weighted by Gasteiger charge is 2.47. The van der Waals surface area contributed by atoms with Crippen LogP contribution in [0.3, 0.4) is 0 Å².